The third-order valence-electron chi connectivity index (χ3n) is 5.51. The SMILES string of the molecule is N#CCCN1CCN(C(=O)OCC2c3ccccc3-c3ccccc32)CC1. The van der Waals surface area contributed by atoms with Gasteiger partial charge < -0.3 is 9.64 Å². The maximum Gasteiger partial charge on any atom is 0.409 e. The lowest BCUT2D eigenvalue weighted by Crippen LogP contribution is -2.49. The molecule has 138 valence electrons. The Hall–Kier alpha value is -2.84. The van der Waals surface area contributed by atoms with Crippen molar-refractivity contribution in [2.45, 2.75) is 12.3 Å². The molecule has 0 aromatic heterocycles. The highest BCUT2D eigenvalue weighted by Gasteiger charge is 2.30. The summed E-state index contributed by atoms with van der Waals surface area (Å²) in [5.41, 5.74) is 4.93. The lowest BCUT2D eigenvalue weighted by atomic mass is 9.98. The van der Waals surface area contributed by atoms with Crippen molar-refractivity contribution < 1.29 is 9.53 Å². The number of benzene rings is 2. The van der Waals surface area contributed by atoms with Crippen LogP contribution in [0, 0.1) is 11.3 Å². The van der Waals surface area contributed by atoms with Gasteiger partial charge in [-0.15, -0.1) is 0 Å². The fourth-order valence-corrected chi connectivity index (χ4v) is 4.05. The van der Waals surface area contributed by atoms with Crippen LogP contribution in [0.1, 0.15) is 23.5 Å². The number of nitrogens with zero attached hydrogens (tertiary/aromatic N) is 3. The van der Waals surface area contributed by atoms with Crippen LogP contribution in [-0.4, -0.2) is 55.2 Å². The van der Waals surface area contributed by atoms with E-state index in [1.54, 1.807) is 4.90 Å². The second kappa shape index (κ2) is 7.81. The molecule has 5 nitrogen and oxygen atoms in total. The molecular formula is C22H23N3O2. The van der Waals surface area contributed by atoms with Crippen molar-refractivity contribution >= 4 is 6.09 Å². The molecule has 0 unspecified atom stereocenters. The predicted octanol–water partition coefficient (Wildman–Crippen LogP) is 3.47. The Morgan fingerprint density at radius 1 is 1.00 bits per heavy atom. The average molecular weight is 361 g/mol. The summed E-state index contributed by atoms with van der Waals surface area (Å²) in [5.74, 6) is 0.0956. The summed E-state index contributed by atoms with van der Waals surface area (Å²) in [6.07, 6.45) is 0.294. The van der Waals surface area contributed by atoms with Gasteiger partial charge in [0.25, 0.3) is 0 Å². The van der Waals surface area contributed by atoms with E-state index in [4.69, 9.17) is 10.00 Å². The summed E-state index contributed by atoms with van der Waals surface area (Å²) in [7, 11) is 0. The number of fused-ring (bicyclic) bond motifs is 3. The molecule has 1 fully saturated rings. The van der Waals surface area contributed by atoms with E-state index < -0.39 is 0 Å². The van der Waals surface area contributed by atoms with Gasteiger partial charge in [-0.25, -0.2) is 4.79 Å². The molecule has 1 aliphatic heterocycles. The molecule has 2 aliphatic rings. The lowest BCUT2D eigenvalue weighted by Gasteiger charge is -2.33. The largest absolute Gasteiger partial charge is 0.448 e. The van der Waals surface area contributed by atoms with Crippen LogP contribution >= 0.6 is 0 Å². The van der Waals surface area contributed by atoms with Crippen LogP contribution in [0.3, 0.4) is 0 Å². The summed E-state index contributed by atoms with van der Waals surface area (Å²) in [4.78, 5) is 16.5. The number of nitriles is 1. The zero-order valence-electron chi connectivity index (χ0n) is 15.3. The van der Waals surface area contributed by atoms with Gasteiger partial charge in [-0.05, 0) is 22.3 Å². The number of hydrogen-bond acceptors (Lipinski definition) is 4. The van der Waals surface area contributed by atoms with Crippen LogP contribution < -0.4 is 0 Å². The summed E-state index contributed by atoms with van der Waals surface area (Å²) in [6, 6.07) is 18.9. The van der Waals surface area contributed by atoms with Crippen molar-refractivity contribution in [3.8, 4) is 17.2 Å². The Bertz CT molecular complexity index is 820. The third kappa shape index (κ3) is 3.54. The number of rotatable bonds is 4. The zero-order chi connectivity index (χ0) is 18.6. The van der Waals surface area contributed by atoms with Crippen LogP contribution in [0.15, 0.2) is 48.5 Å². The highest BCUT2D eigenvalue weighted by atomic mass is 16.6. The van der Waals surface area contributed by atoms with Gasteiger partial charge in [0.05, 0.1) is 6.07 Å². The lowest BCUT2D eigenvalue weighted by molar-refractivity contribution is 0.0750. The normalized spacial score (nSPS) is 16.5. The minimum absolute atomic E-state index is 0.0956. The molecule has 0 spiro atoms. The maximum atomic E-state index is 12.5. The summed E-state index contributed by atoms with van der Waals surface area (Å²) in [6.45, 7) is 4.04. The van der Waals surface area contributed by atoms with Crippen molar-refractivity contribution in [2.24, 2.45) is 0 Å². The van der Waals surface area contributed by atoms with Crippen LogP contribution in [-0.2, 0) is 4.74 Å². The topological polar surface area (TPSA) is 56.6 Å². The maximum absolute atomic E-state index is 12.5. The number of piperazine rings is 1. The van der Waals surface area contributed by atoms with Crippen LogP contribution in [0.25, 0.3) is 11.1 Å². The molecule has 27 heavy (non-hydrogen) atoms. The molecule has 5 heteroatoms. The Balaban J connectivity index is 1.38. The van der Waals surface area contributed by atoms with Gasteiger partial charge in [0.15, 0.2) is 0 Å². The number of hydrogen-bond donors (Lipinski definition) is 0. The standard InChI is InChI=1S/C22H23N3O2/c23-10-5-11-24-12-14-25(15-13-24)22(26)27-16-21-19-8-3-1-6-17(19)18-7-2-4-9-20(18)21/h1-4,6-9,21H,5,11-16H2. The van der Waals surface area contributed by atoms with E-state index in [9.17, 15) is 4.79 Å². The van der Waals surface area contributed by atoms with Gasteiger partial charge >= 0.3 is 6.09 Å². The highest BCUT2D eigenvalue weighted by Crippen LogP contribution is 2.44. The summed E-state index contributed by atoms with van der Waals surface area (Å²) < 4.78 is 5.71. The molecule has 0 radical (unpaired) electrons. The fraction of sp³-hybridized carbons (Fsp3) is 0.364. The first kappa shape index (κ1) is 17.6. The predicted molar refractivity (Wildman–Crippen MR) is 103 cm³/mol. The molecule has 2 aromatic rings. The van der Waals surface area contributed by atoms with Crippen molar-refractivity contribution in [3.63, 3.8) is 0 Å². The summed E-state index contributed by atoms with van der Waals surface area (Å²) in [5, 5.41) is 8.69. The Kier molecular flexibility index (Phi) is 5.08. The molecule has 1 heterocycles. The molecule has 1 aliphatic carbocycles. The van der Waals surface area contributed by atoms with Gasteiger partial charge in [0, 0.05) is 45.1 Å². The van der Waals surface area contributed by atoms with Crippen LogP contribution in [0.2, 0.25) is 0 Å². The first-order valence-corrected chi connectivity index (χ1v) is 9.47. The van der Waals surface area contributed by atoms with E-state index in [2.05, 4.69) is 47.4 Å². The molecule has 1 saturated heterocycles. The minimum atomic E-state index is -0.239. The van der Waals surface area contributed by atoms with Crippen LogP contribution in [0.4, 0.5) is 4.79 Å². The molecule has 4 rings (SSSR count). The van der Waals surface area contributed by atoms with E-state index >= 15 is 0 Å². The molecule has 2 aromatic carbocycles. The monoisotopic (exact) mass is 361 g/mol. The number of carbonyl (C=O) groups is 1. The van der Waals surface area contributed by atoms with Crippen molar-refractivity contribution in [1.82, 2.24) is 9.80 Å². The van der Waals surface area contributed by atoms with E-state index in [1.165, 1.54) is 22.3 Å². The number of amides is 1. The number of carbonyl (C=O) groups excluding carboxylic acids is 1. The van der Waals surface area contributed by atoms with Crippen molar-refractivity contribution in [2.75, 3.05) is 39.3 Å². The zero-order valence-corrected chi connectivity index (χ0v) is 15.3. The Morgan fingerprint density at radius 2 is 1.59 bits per heavy atom. The van der Waals surface area contributed by atoms with E-state index in [-0.39, 0.29) is 12.0 Å². The van der Waals surface area contributed by atoms with E-state index in [0.29, 0.717) is 26.1 Å². The van der Waals surface area contributed by atoms with Crippen molar-refractivity contribution in [1.29, 1.82) is 5.26 Å². The molecule has 1 amide bonds. The van der Waals surface area contributed by atoms with Gasteiger partial charge in [0.2, 0.25) is 0 Å². The second-order valence-electron chi connectivity index (χ2n) is 7.04. The first-order valence-electron chi connectivity index (χ1n) is 9.47. The Morgan fingerprint density at radius 3 is 2.19 bits per heavy atom. The number of ether oxygens (including phenoxy) is 1. The second-order valence-corrected chi connectivity index (χ2v) is 7.04. The van der Waals surface area contributed by atoms with Gasteiger partial charge in [-0.3, -0.25) is 4.90 Å². The summed E-state index contributed by atoms with van der Waals surface area (Å²) >= 11 is 0. The average Bonchev–Trinajstić information content (AvgIpc) is 3.05. The smallest absolute Gasteiger partial charge is 0.409 e. The van der Waals surface area contributed by atoms with E-state index in [0.717, 1.165) is 19.6 Å². The molecule has 0 saturated carbocycles. The van der Waals surface area contributed by atoms with E-state index in [1.807, 2.05) is 12.1 Å². The van der Waals surface area contributed by atoms with Gasteiger partial charge in [-0.2, -0.15) is 5.26 Å². The van der Waals surface area contributed by atoms with Gasteiger partial charge in [-0.1, -0.05) is 48.5 Å². The highest BCUT2D eigenvalue weighted by molar-refractivity contribution is 5.79. The first-order chi connectivity index (χ1) is 13.3. The van der Waals surface area contributed by atoms with Gasteiger partial charge in [0.1, 0.15) is 6.61 Å². The molecule has 0 N–H and O–H groups in total. The molecular weight excluding hydrogens is 338 g/mol. The Labute approximate surface area is 159 Å². The quantitative estimate of drug-likeness (QED) is 0.837. The minimum Gasteiger partial charge on any atom is -0.448 e. The molecule has 0 bridgehead atoms. The van der Waals surface area contributed by atoms with Crippen LogP contribution in [0.5, 0.6) is 0 Å². The van der Waals surface area contributed by atoms with Crippen molar-refractivity contribution in [3.05, 3.63) is 59.7 Å². The fourth-order valence-electron chi connectivity index (χ4n) is 4.05. The third-order valence-corrected chi connectivity index (χ3v) is 5.51. The molecule has 0 atom stereocenters.